The van der Waals surface area contributed by atoms with E-state index in [0.717, 1.165) is 33.4 Å². The number of rotatable bonds is 21. The van der Waals surface area contributed by atoms with E-state index < -0.39 is 92.9 Å². The summed E-state index contributed by atoms with van der Waals surface area (Å²) in [5.74, 6) is -3.87. The number of nitrogens with one attached hydrogen (secondary N) is 3. The zero-order valence-electron chi connectivity index (χ0n) is 46.5. The van der Waals surface area contributed by atoms with Gasteiger partial charge in [-0.05, 0) is 70.3 Å². The molecule has 0 aliphatic carbocycles. The van der Waals surface area contributed by atoms with Gasteiger partial charge in [0.05, 0.1) is 19.6 Å². The van der Waals surface area contributed by atoms with Crippen molar-refractivity contribution in [2.75, 3.05) is 60.6 Å². The van der Waals surface area contributed by atoms with Crippen molar-refractivity contribution in [3.05, 3.63) is 86.5 Å². The second kappa shape index (κ2) is 22.6. The number of hydrogen-bond acceptors (Lipinski definition) is 12. The SMILES string of the molecule is CNCC(=O)C(=O)COc1c(C(c2cc(C(C)(C)C)cc(C(C)(C)C)c2OCC(=O)C(=O)CNC)c2cc(C(C)(C)C)cc(C(C)(C)C)c2OCC(=O)C(=O)CNC)cc(C(C)(C)C)cc1C(C)(C)C. The fourth-order valence-electron chi connectivity index (χ4n) is 7.99. The maximum absolute atomic E-state index is 13.7. The van der Waals surface area contributed by atoms with Crippen LogP contribution in [0.15, 0.2) is 36.4 Å². The van der Waals surface area contributed by atoms with Gasteiger partial charge >= 0.3 is 0 Å². The molecule has 0 aliphatic rings. The van der Waals surface area contributed by atoms with Crippen LogP contribution in [0.25, 0.3) is 0 Å². The molecular weight excluding hydrogens is 883 g/mol. The molecule has 0 spiro atoms. The summed E-state index contributed by atoms with van der Waals surface area (Å²) in [6.45, 7) is 35.5. The molecule has 0 fully saturated rings. The van der Waals surface area contributed by atoms with Crippen LogP contribution < -0.4 is 30.2 Å². The quantitative estimate of drug-likeness (QED) is 0.0687. The van der Waals surface area contributed by atoms with E-state index in [0.29, 0.717) is 33.9 Å². The highest BCUT2D eigenvalue weighted by molar-refractivity contribution is 6.39. The average Bonchev–Trinajstić information content (AvgIpc) is 3.21. The number of Topliss-reactive ketones (excluding diaryl/α,β-unsaturated/α-hetero) is 6. The molecule has 0 amide bonds. The normalized spacial score (nSPS) is 12.8. The summed E-state index contributed by atoms with van der Waals surface area (Å²) < 4.78 is 20.4. The molecule has 386 valence electrons. The largest absolute Gasteiger partial charge is 0.485 e. The van der Waals surface area contributed by atoms with Crippen LogP contribution in [-0.4, -0.2) is 95.3 Å². The minimum atomic E-state index is -0.926. The fourth-order valence-corrected chi connectivity index (χ4v) is 7.99. The third kappa shape index (κ3) is 15.0. The Morgan fingerprint density at radius 2 is 0.571 bits per heavy atom. The summed E-state index contributed by atoms with van der Waals surface area (Å²) in [4.78, 5) is 80.3. The molecule has 0 atom stereocenters. The van der Waals surface area contributed by atoms with Crippen molar-refractivity contribution in [3.8, 4) is 17.2 Å². The molecule has 3 aromatic rings. The second-order valence-corrected chi connectivity index (χ2v) is 24.8. The van der Waals surface area contributed by atoms with E-state index >= 15 is 0 Å². The van der Waals surface area contributed by atoms with Gasteiger partial charge in [0.1, 0.15) is 17.2 Å². The Balaban J connectivity index is 2.99. The van der Waals surface area contributed by atoms with Crippen molar-refractivity contribution in [1.29, 1.82) is 0 Å². The van der Waals surface area contributed by atoms with E-state index in [-0.39, 0.29) is 19.6 Å². The van der Waals surface area contributed by atoms with Gasteiger partial charge in [-0.25, -0.2) is 0 Å². The van der Waals surface area contributed by atoms with Gasteiger partial charge in [-0.3, -0.25) is 28.8 Å². The Morgan fingerprint density at radius 1 is 0.357 bits per heavy atom. The van der Waals surface area contributed by atoms with Crippen LogP contribution in [0.5, 0.6) is 17.2 Å². The van der Waals surface area contributed by atoms with E-state index in [2.05, 4.69) is 177 Å². The van der Waals surface area contributed by atoms with E-state index in [1.807, 2.05) is 0 Å². The molecule has 3 N–H and O–H groups in total. The predicted molar refractivity (Wildman–Crippen MR) is 281 cm³/mol. The summed E-state index contributed by atoms with van der Waals surface area (Å²) in [5, 5.41) is 8.33. The number of likely N-dealkylation sites (N-methyl/N-ethyl adjacent to an activating group) is 3. The summed E-state index contributed by atoms with van der Waals surface area (Å²) in [7, 11) is 4.79. The zero-order chi connectivity index (χ0) is 53.7. The number of ketones is 6. The molecule has 3 aromatic carbocycles. The first-order valence-electron chi connectivity index (χ1n) is 24.5. The minimum absolute atomic E-state index is 0.163. The molecule has 12 nitrogen and oxygen atoms in total. The fraction of sp³-hybridized carbons (Fsp3) is 0.586. The third-order valence-corrected chi connectivity index (χ3v) is 12.3. The highest BCUT2D eigenvalue weighted by Crippen LogP contribution is 2.53. The van der Waals surface area contributed by atoms with Crippen LogP contribution in [0.4, 0.5) is 0 Å². The monoisotopic (exact) mass is 968 g/mol. The van der Waals surface area contributed by atoms with Gasteiger partial charge in [-0.1, -0.05) is 161 Å². The molecule has 0 radical (unpaired) electrons. The van der Waals surface area contributed by atoms with Crippen molar-refractivity contribution in [2.24, 2.45) is 0 Å². The van der Waals surface area contributed by atoms with E-state index in [9.17, 15) is 28.8 Å². The summed E-state index contributed by atoms with van der Waals surface area (Å²) >= 11 is 0. The molecule has 0 heterocycles. The first-order chi connectivity index (χ1) is 31.9. The second-order valence-electron chi connectivity index (χ2n) is 24.8. The molecule has 0 unspecified atom stereocenters. The van der Waals surface area contributed by atoms with Gasteiger partial charge in [-0.15, -0.1) is 0 Å². The number of hydrogen-bond donors (Lipinski definition) is 3. The lowest BCUT2D eigenvalue weighted by molar-refractivity contribution is -0.137. The molecule has 0 bridgehead atoms. The first-order valence-corrected chi connectivity index (χ1v) is 24.5. The summed E-state index contributed by atoms with van der Waals surface area (Å²) in [5.41, 5.74) is 3.84. The third-order valence-electron chi connectivity index (χ3n) is 12.3. The van der Waals surface area contributed by atoms with Gasteiger partial charge < -0.3 is 30.2 Å². The lowest BCUT2D eigenvalue weighted by Crippen LogP contribution is -2.31. The van der Waals surface area contributed by atoms with Crippen LogP contribution >= 0.6 is 0 Å². The lowest BCUT2D eigenvalue weighted by atomic mass is 9.70. The van der Waals surface area contributed by atoms with E-state index in [4.69, 9.17) is 14.2 Å². The van der Waals surface area contributed by atoms with Crippen LogP contribution in [0, 0.1) is 0 Å². The smallest absolute Gasteiger partial charge is 0.237 e. The van der Waals surface area contributed by atoms with Gasteiger partial charge in [0.15, 0.2) is 19.8 Å². The lowest BCUT2D eigenvalue weighted by Gasteiger charge is -2.36. The number of benzene rings is 3. The first kappa shape index (κ1) is 59.3. The van der Waals surface area contributed by atoms with Crippen molar-refractivity contribution in [2.45, 2.75) is 163 Å². The Kier molecular flexibility index (Phi) is 19.1. The Hall–Kier alpha value is -5.04. The standard InChI is InChI=1S/C58H85N3O9/c1-53(2,3)34-22-37(50(40(25-34)56(10,11)12)68-31-46(65)43(62)28-59-19)49(38-23-35(54(4,5)6)26-41(57(13,14)15)51(38)69-32-47(66)44(63)29-60-20)39-24-36(55(7,8)9)27-42(58(16,17)18)52(39)70-33-48(67)45(64)30-61-21/h22-27,49,59-61H,28-33H2,1-21H3. The summed E-state index contributed by atoms with van der Waals surface area (Å²) in [6, 6.07) is 12.5. The topological polar surface area (TPSA) is 166 Å². The van der Waals surface area contributed by atoms with Crippen molar-refractivity contribution < 1.29 is 43.0 Å². The number of carbonyl (C=O) groups excluding carboxylic acids is 6. The highest BCUT2D eigenvalue weighted by atomic mass is 16.5. The number of ether oxygens (including phenoxy) is 3. The van der Waals surface area contributed by atoms with Crippen LogP contribution in [0.2, 0.25) is 0 Å². The van der Waals surface area contributed by atoms with E-state index in [1.54, 1.807) is 21.1 Å². The van der Waals surface area contributed by atoms with Crippen LogP contribution in [0.1, 0.15) is 181 Å². The van der Waals surface area contributed by atoms with E-state index in [1.165, 1.54) is 0 Å². The average molecular weight is 968 g/mol. The maximum atomic E-state index is 13.7. The van der Waals surface area contributed by atoms with Gasteiger partial charge in [-0.2, -0.15) is 0 Å². The molecule has 70 heavy (non-hydrogen) atoms. The maximum Gasteiger partial charge on any atom is 0.237 e. The van der Waals surface area contributed by atoms with Crippen molar-refractivity contribution in [1.82, 2.24) is 16.0 Å². The van der Waals surface area contributed by atoms with Gasteiger partial charge in [0.2, 0.25) is 34.7 Å². The molecule has 0 aromatic heterocycles. The molecule has 3 rings (SSSR count). The zero-order valence-corrected chi connectivity index (χ0v) is 46.5. The van der Waals surface area contributed by atoms with Gasteiger partial charge in [0.25, 0.3) is 0 Å². The molecule has 12 heteroatoms. The molecule has 0 aliphatic heterocycles. The highest BCUT2D eigenvalue weighted by Gasteiger charge is 2.39. The van der Waals surface area contributed by atoms with Crippen molar-refractivity contribution in [3.63, 3.8) is 0 Å². The Labute approximate surface area is 419 Å². The Morgan fingerprint density at radius 3 is 0.743 bits per heavy atom. The molecular formula is C58H85N3O9. The summed E-state index contributed by atoms with van der Waals surface area (Å²) in [6.07, 6.45) is 0. The van der Waals surface area contributed by atoms with Crippen LogP contribution in [-0.2, 0) is 61.3 Å². The molecule has 0 saturated carbocycles. The number of carbonyl (C=O) groups is 6. The molecule has 0 saturated heterocycles. The minimum Gasteiger partial charge on any atom is -0.485 e. The van der Waals surface area contributed by atoms with Gasteiger partial charge in [0, 0.05) is 39.3 Å². The predicted octanol–water partition coefficient (Wildman–Crippen LogP) is 8.86. The van der Waals surface area contributed by atoms with Crippen LogP contribution in [0.3, 0.4) is 0 Å². The Bertz CT molecular complexity index is 2170. The van der Waals surface area contributed by atoms with Crippen molar-refractivity contribution >= 4 is 34.7 Å².